The number of rotatable bonds is 4. The summed E-state index contributed by atoms with van der Waals surface area (Å²) in [6.07, 6.45) is 5.85. The highest BCUT2D eigenvalue weighted by Gasteiger charge is 1.85. The summed E-state index contributed by atoms with van der Waals surface area (Å²) >= 11 is 0. The lowest BCUT2D eigenvalue weighted by atomic mass is 10.4. The van der Waals surface area contributed by atoms with Crippen molar-refractivity contribution in [2.75, 3.05) is 20.1 Å². The Kier molecular flexibility index (Phi) is 5.23. The molecule has 52 valence electrons. The van der Waals surface area contributed by atoms with Gasteiger partial charge in [-0.15, -0.1) is 0 Å². The maximum Gasteiger partial charge on any atom is 0.0163 e. The van der Waals surface area contributed by atoms with Crippen molar-refractivity contribution in [1.29, 1.82) is 0 Å². The molecule has 0 aromatic rings. The minimum atomic E-state index is 1.02. The van der Waals surface area contributed by atoms with Gasteiger partial charge in [0.25, 0.3) is 0 Å². The van der Waals surface area contributed by atoms with Crippen molar-refractivity contribution < 1.29 is 0 Å². The molecule has 1 nitrogen and oxygen atoms in total. The molecule has 0 aliphatic rings. The quantitative estimate of drug-likeness (QED) is 0.517. The van der Waals surface area contributed by atoms with Gasteiger partial charge in [0.1, 0.15) is 0 Å². The Bertz CT molecular complexity index is 94.7. The van der Waals surface area contributed by atoms with Gasteiger partial charge in [-0.05, 0) is 13.6 Å². The molecule has 0 saturated heterocycles. The highest BCUT2D eigenvalue weighted by molar-refractivity contribution is 4.97. The third-order valence-electron chi connectivity index (χ3n) is 1.23. The average molecular weight is 125 g/mol. The average Bonchev–Trinajstić information content (AvgIpc) is 1.89. The molecule has 0 aliphatic heterocycles. The molecule has 0 bridgehead atoms. The van der Waals surface area contributed by atoms with Gasteiger partial charge >= 0.3 is 0 Å². The second-order valence-corrected chi connectivity index (χ2v) is 2.02. The lowest BCUT2D eigenvalue weighted by Gasteiger charge is -2.08. The topological polar surface area (TPSA) is 3.24 Å². The molecule has 0 spiro atoms. The molecule has 0 N–H and O–H groups in total. The Balaban J connectivity index is 3.25. The van der Waals surface area contributed by atoms with Gasteiger partial charge in [-0.2, -0.15) is 0 Å². The first-order valence-corrected chi connectivity index (χ1v) is 3.27. The summed E-state index contributed by atoms with van der Waals surface area (Å²) in [4.78, 5) is 2.22. The summed E-state index contributed by atoms with van der Waals surface area (Å²) in [5.74, 6) is 0. The molecule has 0 amide bonds. The summed E-state index contributed by atoms with van der Waals surface area (Å²) in [7, 11) is 2.09. The second kappa shape index (κ2) is 5.57. The zero-order chi connectivity index (χ0) is 7.11. The Morgan fingerprint density at radius 3 is 2.67 bits per heavy atom. The van der Waals surface area contributed by atoms with E-state index in [0.717, 1.165) is 13.1 Å². The number of nitrogens with zero attached hydrogens (tertiary/aromatic N) is 1. The van der Waals surface area contributed by atoms with E-state index in [-0.39, 0.29) is 0 Å². The third kappa shape index (κ3) is 5.31. The normalized spacial score (nSPS) is 11.0. The van der Waals surface area contributed by atoms with Crippen LogP contribution in [0.2, 0.25) is 0 Å². The summed E-state index contributed by atoms with van der Waals surface area (Å²) in [6, 6.07) is 0. The van der Waals surface area contributed by atoms with E-state index in [9.17, 15) is 0 Å². The molecule has 0 saturated carbocycles. The molecule has 0 unspecified atom stereocenters. The van der Waals surface area contributed by atoms with E-state index in [0.29, 0.717) is 0 Å². The second-order valence-electron chi connectivity index (χ2n) is 2.02. The Labute approximate surface area is 57.7 Å². The van der Waals surface area contributed by atoms with Crippen LogP contribution >= 0.6 is 0 Å². The van der Waals surface area contributed by atoms with Crippen molar-refractivity contribution in [3.8, 4) is 0 Å². The molecule has 0 fully saturated rings. The van der Waals surface area contributed by atoms with Crippen molar-refractivity contribution in [1.82, 2.24) is 4.90 Å². The summed E-state index contributed by atoms with van der Waals surface area (Å²) in [5, 5.41) is 0. The van der Waals surface area contributed by atoms with Gasteiger partial charge in [0, 0.05) is 6.54 Å². The molecule has 0 radical (unpaired) electrons. The van der Waals surface area contributed by atoms with E-state index in [1.807, 2.05) is 6.08 Å². The van der Waals surface area contributed by atoms with E-state index in [1.165, 1.54) is 0 Å². The third-order valence-corrected chi connectivity index (χ3v) is 1.23. The van der Waals surface area contributed by atoms with Crippen LogP contribution in [0.15, 0.2) is 24.8 Å². The first-order chi connectivity index (χ1) is 4.31. The SMILES string of the molecule is C=CC=CCN(C)CC. The van der Waals surface area contributed by atoms with Crippen molar-refractivity contribution in [3.05, 3.63) is 24.8 Å². The molecule has 9 heavy (non-hydrogen) atoms. The molecular weight excluding hydrogens is 110 g/mol. The van der Waals surface area contributed by atoms with Crippen LogP contribution in [0.1, 0.15) is 6.92 Å². The molecule has 0 aliphatic carbocycles. The summed E-state index contributed by atoms with van der Waals surface area (Å²) in [5.41, 5.74) is 0. The minimum Gasteiger partial charge on any atom is -0.303 e. The number of likely N-dealkylation sites (N-methyl/N-ethyl adjacent to an activating group) is 1. The monoisotopic (exact) mass is 125 g/mol. The van der Waals surface area contributed by atoms with Crippen molar-refractivity contribution >= 4 is 0 Å². The van der Waals surface area contributed by atoms with Crippen LogP contribution in [-0.2, 0) is 0 Å². The first-order valence-electron chi connectivity index (χ1n) is 3.27. The minimum absolute atomic E-state index is 1.02. The van der Waals surface area contributed by atoms with Crippen molar-refractivity contribution in [2.24, 2.45) is 0 Å². The van der Waals surface area contributed by atoms with Crippen molar-refractivity contribution in [3.63, 3.8) is 0 Å². The van der Waals surface area contributed by atoms with Gasteiger partial charge < -0.3 is 4.90 Å². The van der Waals surface area contributed by atoms with E-state index < -0.39 is 0 Å². The standard InChI is InChI=1S/C8H15N/c1-4-6-7-8-9(3)5-2/h4,6-7H,1,5,8H2,2-3H3. The van der Waals surface area contributed by atoms with Crippen LogP contribution in [0, 0.1) is 0 Å². The Morgan fingerprint density at radius 2 is 2.22 bits per heavy atom. The van der Waals surface area contributed by atoms with E-state index in [2.05, 4.69) is 31.5 Å². The van der Waals surface area contributed by atoms with Gasteiger partial charge in [-0.1, -0.05) is 31.7 Å². The lowest BCUT2D eigenvalue weighted by Crippen LogP contribution is -2.16. The summed E-state index contributed by atoms with van der Waals surface area (Å²) < 4.78 is 0. The van der Waals surface area contributed by atoms with Gasteiger partial charge in [0.05, 0.1) is 0 Å². The largest absolute Gasteiger partial charge is 0.303 e. The lowest BCUT2D eigenvalue weighted by molar-refractivity contribution is 0.392. The van der Waals surface area contributed by atoms with E-state index in [4.69, 9.17) is 0 Å². The predicted molar refractivity (Wildman–Crippen MR) is 42.5 cm³/mol. The fraction of sp³-hybridized carbons (Fsp3) is 0.500. The first kappa shape index (κ1) is 8.44. The highest BCUT2D eigenvalue weighted by Crippen LogP contribution is 1.81. The molecule has 0 rings (SSSR count). The Hall–Kier alpha value is -0.560. The molecule has 1 heteroatoms. The van der Waals surface area contributed by atoms with E-state index in [1.54, 1.807) is 6.08 Å². The molecule has 0 aromatic heterocycles. The maximum absolute atomic E-state index is 3.58. The summed E-state index contributed by atoms with van der Waals surface area (Å²) in [6.45, 7) is 7.83. The maximum atomic E-state index is 3.58. The van der Waals surface area contributed by atoms with Crippen LogP contribution < -0.4 is 0 Å². The highest BCUT2D eigenvalue weighted by atomic mass is 15.1. The molecular formula is C8H15N. The molecule has 0 aromatic carbocycles. The fourth-order valence-corrected chi connectivity index (χ4v) is 0.466. The van der Waals surface area contributed by atoms with Crippen LogP contribution in [0.25, 0.3) is 0 Å². The van der Waals surface area contributed by atoms with Gasteiger partial charge in [0.2, 0.25) is 0 Å². The van der Waals surface area contributed by atoms with Gasteiger partial charge in [-0.25, -0.2) is 0 Å². The van der Waals surface area contributed by atoms with Gasteiger partial charge in [0.15, 0.2) is 0 Å². The number of allylic oxidation sites excluding steroid dienone is 2. The molecule has 0 atom stereocenters. The fourth-order valence-electron chi connectivity index (χ4n) is 0.466. The Morgan fingerprint density at radius 1 is 1.56 bits per heavy atom. The molecule has 0 heterocycles. The van der Waals surface area contributed by atoms with Crippen LogP contribution in [0.5, 0.6) is 0 Å². The zero-order valence-corrected chi connectivity index (χ0v) is 6.30. The smallest absolute Gasteiger partial charge is 0.0163 e. The number of hydrogen-bond acceptors (Lipinski definition) is 1. The van der Waals surface area contributed by atoms with Crippen LogP contribution in [0.3, 0.4) is 0 Å². The van der Waals surface area contributed by atoms with Crippen LogP contribution in [0.4, 0.5) is 0 Å². The van der Waals surface area contributed by atoms with Crippen molar-refractivity contribution in [2.45, 2.75) is 6.92 Å². The number of hydrogen-bond donors (Lipinski definition) is 0. The zero-order valence-electron chi connectivity index (χ0n) is 6.30. The van der Waals surface area contributed by atoms with Crippen LogP contribution in [-0.4, -0.2) is 25.0 Å². The predicted octanol–water partition coefficient (Wildman–Crippen LogP) is 1.68. The van der Waals surface area contributed by atoms with Gasteiger partial charge in [-0.3, -0.25) is 0 Å². The van der Waals surface area contributed by atoms with E-state index >= 15 is 0 Å².